The van der Waals surface area contributed by atoms with Crippen molar-refractivity contribution in [1.29, 1.82) is 0 Å². The van der Waals surface area contributed by atoms with Gasteiger partial charge in [0.15, 0.2) is 0 Å². The van der Waals surface area contributed by atoms with Crippen LogP contribution < -0.4 is 10.6 Å². The molecule has 0 aromatic carbocycles. The number of imide groups is 1. The number of nitrogens with one attached hydrogen (secondary N) is 2. The Bertz CT molecular complexity index is 1030. The van der Waals surface area contributed by atoms with E-state index in [1.54, 1.807) is 9.58 Å². The van der Waals surface area contributed by atoms with E-state index in [0.717, 1.165) is 28.3 Å². The highest BCUT2D eigenvalue weighted by Gasteiger charge is 2.48. The van der Waals surface area contributed by atoms with Gasteiger partial charge in [0.05, 0.1) is 12.1 Å². The van der Waals surface area contributed by atoms with Crippen LogP contribution in [0, 0.1) is 27.7 Å². The third kappa shape index (κ3) is 3.42. The molecule has 4 amide bonds. The van der Waals surface area contributed by atoms with Gasteiger partial charge in [-0.25, -0.2) is 19.4 Å². The third-order valence-corrected chi connectivity index (χ3v) is 5.91. The first-order valence-corrected chi connectivity index (χ1v) is 9.98. The van der Waals surface area contributed by atoms with Gasteiger partial charge < -0.3 is 10.2 Å². The summed E-state index contributed by atoms with van der Waals surface area (Å²) >= 11 is 0. The van der Waals surface area contributed by atoms with Crippen LogP contribution in [0.4, 0.5) is 4.79 Å². The van der Waals surface area contributed by atoms with Crippen LogP contribution in [0.15, 0.2) is 6.07 Å². The molecule has 4 heterocycles. The molecule has 158 valence electrons. The average molecular weight is 411 g/mol. The van der Waals surface area contributed by atoms with Crippen molar-refractivity contribution in [2.24, 2.45) is 0 Å². The fourth-order valence-corrected chi connectivity index (χ4v) is 4.21. The molecular weight excluding hydrogens is 386 g/mol. The topological polar surface area (TPSA) is 122 Å². The number of hydrogen-bond acceptors (Lipinski definition) is 6. The molecule has 30 heavy (non-hydrogen) atoms. The lowest BCUT2D eigenvalue weighted by Crippen LogP contribution is -2.56. The van der Waals surface area contributed by atoms with Gasteiger partial charge in [-0.2, -0.15) is 5.10 Å². The molecule has 2 aliphatic heterocycles. The number of piperidine rings is 1. The van der Waals surface area contributed by atoms with E-state index in [1.807, 2.05) is 33.8 Å². The van der Waals surface area contributed by atoms with Crippen molar-refractivity contribution in [3.05, 3.63) is 34.4 Å². The highest BCUT2D eigenvalue weighted by molar-refractivity contribution is 6.07. The highest BCUT2D eigenvalue weighted by atomic mass is 16.2. The average Bonchev–Trinajstić information content (AvgIpc) is 3.11. The van der Waals surface area contributed by atoms with E-state index in [0.29, 0.717) is 31.9 Å². The maximum absolute atomic E-state index is 12.9. The Labute approximate surface area is 174 Å². The number of aryl methyl sites for hydroxylation is 3. The van der Waals surface area contributed by atoms with E-state index in [9.17, 15) is 14.4 Å². The smallest absolute Gasteiger partial charge is 0.322 e. The number of urea groups is 1. The Morgan fingerprint density at radius 1 is 1.10 bits per heavy atom. The van der Waals surface area contributed by atoms with Gasteiger partial charge in [-0.1, -0.05) is 0 Å². The number of hydrogen-bond donors (Lipinski definition) is 2. The van der Waals surface area contributed by atoms with Gasteiger partial charge in [0.2, 0.25) is 5.91 Å². The molecule has 2 aromatic heterocycles. The minimum absolute atomic E-state index is 0.0262. The molecule has 2 aliphatic rings. The number of nitrogens with zero attached hydrogens (tertiary/aromatic N) is 5. The summed E-state index contributed by atoms with van der Waals surface area (Å²) in [7, 11) is 0. The standard InChI is InChI=1S/C20H25N7O3/c1-11-9-12(2)22-18(21-11)27-14(4)15(13(3)25-27)10-16(28)26-7-5-20(6-8-26)17(29)23-19(30)24-20/h9H,5-8,10H2,1-4H3,(H2,23,24,29,30). The summed E-state index contributed by atoms with van der Waals surface area (Å²) in [5.74, 6) is 0.164. The number of amides is 4. The van der Waals surface area contributed by atoms with Crippen LogP contribution in [0.5, 0.6) is 0 Å². The summed E-state index contributed by atoms with van der Waals surface area (Å²) < 4.78 is 1.68. The Kier molecular flexibility index (Phi) is 4.79. The monoisotopic (exact) mass is 411 g/mol. The second kappa shape index (κ2) is 7.19. The summed E-state index contributed by atoms with van der Waals surface area (Å²) in [6.07, 6.45) is 1.03. The molecule has 2 fully saturated rings. The highest BCUT2D eigenvalue weighted by Crippen LogP contribution is 2.26. The zero-order chi connectivity index (χ0) is 21.6. The maximum Gasteiger partial charge on any atom is 0.322 e. The molecule has 1 spiro atoms. The second-order valence-corrected chi connectivity index (χ2v) is 8.06. The summed E-state index contributed by atoms with van der Waals surface area (Å²) in [5, 5.41) is 9.56. The van der Waals surface area contributed by atoms with Gasteiger partial charge in [0.1, 0.15) is 5.54 Å². The number of aromatic nitrogens is 4. The van der Waals surface area contributed by atoms with Crippen LogP contribution in [0.1, 0.15) is 41.2 Å². The van der Waals surface area contributed by atoms with Crippen molar-refractivity contribution in [1.82, 2.24) is 35.3 Å². The van der Waals surface area contributed by atoms with Crippen molar-refractivity contribution >= 4 is 17.8 Å². The van der Waals surface area contributed by atoms with Crippen LogP contribution in [0.25, 0.3) is 5.95 Å². The fraction of sp³-hybridized carbons (Fsp3) is 0.500. The molecule has 10 nitrogen and oxygen atoms in total. The van der Waals surface area contributed by atoms with Gasteiger partial charge in [-0.3, -0.25) is 14.9 Å². The van der Waals surface area contributed by atoms with Crippen LogP contribution in [0.2, 0.25) is 0 Å². The Morgan fingerprint density at radius 2 is 1.73 bits per heavy atom. The Hall–Kier alpha value is -3.30. The molecule has 0 unspecified atom stereocenters. The van der Waals surface area contributed by atoms with E-state index in [2.05, 4.69) is 25.7 Å². The van der Waals surface area contributed by atoms with Crippen molar-refractivity contribution in [2.75, 3.05) is 13.1 Å². The van der Waals surface area contributed by atoms with Gasteiger partial charge in [0.25, 0.3) is 11.9 Å². The number of likely N-dealkylation sites (tertiary alicyclic amines) is 1. The zero-order valence-corrected chi connectivity index (χ0v) is 17.6. The first-order valence-electron chi connectivity index (χ1n) is 9.98. The molecule has 4 rings (SSSR count). The van der Waals surface area contributed by atoms with Gasteiger partial charge in [0, 0.05) is 35.7 Å². The SMILES string of the molecule is Cc1cc(C)nc(-n2nc(C)c(CC(=O)N3CCC4(CC3)NC(=O)NC4=O)c2C)n1. The summed E-state index contributed by atoms with van der Waals surface area (Å²) in [6.45, 7) is 8.43. The first-order chi connectivity index (χ1) is 14.2. The van der Waals surface area contributed by atoms with Gasteiger partial charge in [-0.15, -0.1) is 0 Å². The normalized spacial score (nSPS) is 17.9. The van der Waals surface area contributed by atoms with Gasteiger partial charge >= 0.3 is 6.03 Å². The second-order valence-electron chi connectivity index (χ2n) is 8.06. The molecule has 10 heteroatoms. The molecule has 0 bridgehead atoms. The van der Waals surface area contributed by atoms with E-state index in [4.69, 9.17) is 0 Å². The summed E-state index contributed by atoms with van der Waals surface area (Å²) in [6, 6.07) is 1.43. The van der Waals surface area contributed by atoms with Crippen LogP contribution >= 0.6 is 0 Å². The minimum atomic E-state index is -0.884. The molecule has 2 N–H and O–H groups in total. The van der Waals surface area contributed by atoms with E-state index in [1.165, 1.54) is 0 Å². The largest absolute Gasteiger partial charge is 0.342 e. The van der Waals surface area contributed by atoms with E-state index < -0.39 is 11.6 Å². The number of carbonyl (C=O) groups excluding carboxylic acids is 3. The Balaban J connectivity index is 1.49. The Morgan fingerprint density at radius 3 is 2.30 bits per heavy atom. The molecular formula is C20H25N7O3. The van der Waals surface area contributed by atoms with Crippen molar-refractivity contribution in [2.45, 2.75) is 52.5 Å². The van der Waals surface area contributed by atoms with Gasteiger partial charge in [-0.05, 0) is 46.6 Å². The first kappa shape index (κ1) is 20.0. The predicted octanol–water partition coefficient (Wildman–Crippen LogP) is 0.639. The molecule has 0 atom stereocenters. The number of carbonyl (C=O) groups is 3. The molecule has 2 aromatic rings. The lowest BCUT2D eigenvalue weighted by Gasteiger charge is -2.37. The summed E-state index contributed by atoms with van der Waals surface area (Å²) in [5.41, 5.74) is 3.28. The summed E-state index contributed by atoms with van der Waals surface area (Å²) in [4.78, 5) is 47.2. The molecule has 0 aliphatic carbocycles. The number of rotatable bonds is 3. The predicted molar refractivity (Wildman–Crippen MR) is 107 cm³/mol. The quantitative estimate of drug-likeness (QED) is 0.715. The molecule has 2 saturated heterocycles. The maximum atomic E-state index is 12.9. The van der Waals surface area contributed by atoms with Crippen LogP contribution in [0.3, 0.4) is 0 Å². The van der Waals surface area contributed by atoms with Crippen molar-refractivity contribution in [3.63, 3.8) is 0 Å². The lowest BCUT2D eigenvalue weighted by atomic mass is 9.87. The van der Waals surface area contributed by atoms with Crippen molar-refractivity contribution < 1.29 is 14.4 Å². The van der Waals surface area contributed by atoms with E-state index >= 15 is 0 Å². The molecule has 0 radical (unpaired) electrons. The third-order valence-electron chi connectivity index (χ3n) is 5.91. The minimum Gasteiger partial charge on any atom is -0.342 e. The molecule has 0 saturated carbocycles. The lowest BCUT2D eigenvalue weighted by molar-refractivity contribution is -0.135. The van der Waals surface area contributed by atoms with Crippen molar-refractivity contribution in [3.8, 4) is 5.95 Å². The van der Waals surface area contributed by atoms with E-state index in [-0.39, 0.29) is 18.2 Å². The van der Waals surface area contributed by atoms with Crippen LogP contribution in [-0.4, -0.2) is 61.1 Å². The zero-order valence-electron chi connectivity index (χ0n) is 17.6. The van der Waals surface area contributed by atoms with Crippen LogP contribution in [-0.2, 0) is 16.0 Å². The fourth-order valence-electron chi connectivity index (χ4n) is 4.21.